The molecule has 35 heavy (non-hydrogen) atoms. The van der Waals surface area contributed by atoms with E-state index >= 15 is 0 Å². The molecule has 0 radical (unpaired) electrons. The van der Waals surface area contributed by atoms with E-state index in [1.54, 1.807) is 0 Å². The Bertz CT molecular complexity index is 1310. The molecule has 0 aliphatic carbocycles. The molecule has 1 unspecified atom stereocenters. The molecule has 0 aromatic heterocycles. The van der Waals surface area contributed by atoms with E-state index in [4.69, 9.17) is 4.74 Å². The summed E-state index contributed by atoms with van der Waals surface area (Å²) >= 11 is 0. The van der Waals surface area contributed by atoms with Gasteiger partial charge >= 0.3 is 5.97 Å². The molecule has 1 atom stereocenters. The Kier molecular flexibility index (Phi) is 6.68. The van der Waals surface area contributed by atoms with Crippen molar-refractivity contribution in [1.29, 1.82) is 0 Å². The molecule has 1 aliphatic rings. The molecular weight excluding hydrogens is 458 g/mol. The van der Waals surface area contributed by atoms with Crippen molar-refractivity contribution >= 4 is 29.4 Å². The second kappa shape index (κ2) is 9.84. The van der Waals surface area contributed by atoms with Crippen LogP contribution >= 0.6 is 0 Å². The number of anilines is 1. The Hall–Kier alpha value is -4.40. The largest absolute Gasteiger partial charge is 0.449 e. The fraction of sp³-hybridized carbons (Fsp3) is 0.154. The van der Waals surface area contributed by atoms with Crippen molar-refractivity contribution in [3.8, 4) is 0 Å². The van der Waals surface area contributed by atoms with Crippen LogP contribution in [0.2, 0.25) is 0 Å². The molecule has 0 fully saturated rings. The number of rotatable bonds is 7. The summed E-state index contributed by atoms with van der Waals surface area (Å²) in [5.41, 5.74) is 0.489. The molecule has 1 heterocycles. The van der Waals surface area contributed by atoms with Gasteiger partial charge in [-0.2, -0.15) is 0 Å². The van der Waals surface area contributed by atoms with Gasteiger partial charge in [0.1, 0.15) is 17.3 Å². The number of nitrogens with one attached hydrogen (secondary N) is 1. The summed E-state index contributed by atoms with van der Waals surface area (Å²) < 4.78 is 32.6. The number of esters is 1. The van der Waals surface area contributed by atoms with Crippen LogP contribution in [0, 0.1) is 11.6 Å². The zero-order chi connectivity index (χ0) is 25.1. The number of benzene rings is 3. The summed E-state index contributed by atoms with van der Waals surface area (Å²) in [6, 6.07) is 16.4. The first-order valence-electron chi connectivity index (χ1n) is 10.8. The van der Waals surface area contributed by atoms with E-state index < -0.39 is 47.1 Å². The van der Waals surface area contributed by atoms with Gasteiger partial charge in [0.2, 0.25) is 0 Å². The molecule has 7 nitrogen and oxygen atoms in total. The molecule has 0 saturated carbocycles. The minimum Gasteiger partial charge on any atom is -0.449 e. The summed E-state index contributed by atoms with van der Waals surface area (Å²) in [7, 11) is 0. The second-order valence-electron chi connectivity index (χ2n) is 7.89. The first-order valence-corrected chi connectivity index (χ1v) is 10.8. The topological polar surface area (TPSA) is 92.8 Å². The van der Waals surface area contributed by atoms with Gasteiger partial charge in [-0.3, -0.25) is 19.3 Å². The zero-order valence-corrected chi connectivity index (χ0v) is 18.6. The van der Waals surface area contributed by atoms with Crippen molar-refractivity contribution in [2.24, 2.45) is 0 Å². The van der Waals surface area contributed by atoms with Crippen LogP contribution < -0.4 is 5.32 Å². The predicted octanol–water partition coefficient (Wildman–Crippen LogP) is 3.99. The standard InChI is InChI=1S/C26H20F2N2O5/c1-15(23(31)29-22-20(27)8-5-9-21(22)28)35-26(34)17-10-11-18-19(14-17)25(33)30(24(18)32)13-12-16-6-3-2-4-7-16/h2-11,14-15H,12-13H2,1H3,(H,29,31). The third-order valence-electron chi connectivity index (χ3n) is 5.54. The van der Waals surface area contributed by atoms with Gasteiger partial charge in [0.25, 0.3) is 17.7 Å². The minimum atomic E-state index is -1.39. The van der Waals surface area contributed by atoms with Crippen LogP contribution in [0.25, 0.3) is 0 Å². The maximum Gasteiger partial charge on any atom is 0.338 e. The van der Waals surface area contributed by atoms with Gasteiger partial charge in [-0.25, -0.2) is 13.6 Å². The number of hydrogen-bond donors (Lipinski definition) is 1. The minimum absolute atomic E-state index is 0.0495. The van der Waals surface area contributed by atoms with Crippen LogP contribution in [-0.4, -0.2) is 41.2 Å². The number of amides is 3. The van der Waals surface area contributed by atoms with E-state index in [1.165, 1.54) is 25.1 Å². The Labute approximate surface area is 199 Å². The first-order chi connectivity index (χ1) is 16.8. The molecule has 0 spiro atoms. The highest BCUT2D eigenvalue weighted by molar-refractivity contribution is 6.22. The highest BCUT2D eigenvalue weighted by Crippen LogP contribution is 2.25. The molecule has 3 amide bonds. The highest BCUT2D eigenvalue weighted by atomic mass is 19.1. The lowest BCUT2D eigenvalue weighted by molar-refractivity contribution is -0.123. The quantitative estimate of drug-likeness (QED) is 0.410. The molecule has 4 rings (SSSR count). The van der Waals surface area contributed by atoms with Gasteiger partial charge in [0, 0.05) is 6.54 Å². The van der Waals surface area contributed by atoms with Crippen LogP contribution in [0.15, 0.2) is 66.7 Å². The zero-order valence-electron chi connectivity index (χ0n) is 18.6. The molecule has 178 valence electrons. The van der Waals surface area contributed by atoms with Gasteiger partial charge in [0.15, 0.2) is 6.10 Å². The van der Waals surface area contributed by atoms with E-state index in [0.717, 1.165) is 28.7 Å². The first kappa shape index (κ1) is 23.7. The number of para-hydroxylation sites is 1. The van der Waals surface area contributed by atoms with Crippen molar-refractivity contribution in [3.63, 3.8) is 0 Å². The molecule has 1 aliphatic heterocycles. The number of carbonyl (C=O) groups excluding carboxylic acids is 4. The maximum atomic E-state index is 13.8. The average molecular weight is 478 g/mol. The maximum absolute atomic E-state index is 13.8. The summed E-state index contributed by atoms with van der Waals surface area (Å²) in [6.45, 7) is 1.42. The summed E-state index contributed by atoms with van der Waals surface area (Å²) in [5.74, 6) is -4.82. The Morgan fingerprint density at radius 3 is 2.26 bits per heavy atom. The molecule has 9 heteroatoms. The highest BCUT2D eigenvalue weighted by Gasteiger charge is 2.36. The smallest absolute Gasteiger partial charge is 0.338 e. The number of carbonyl (C=O) groups is 4. The lowest BCUT2D eigenvalue weighted by atomic mass is 10.1. The average Bonchev–Trinajstić information content (AvgIpc) is 3.09. The number of nitrogens with zero attached hydrogens (tertiary/aromatic N) is 1. The monoisotopic (exact) mass is 478 g/mol. The summed E-state index contributed by atoms with van der Waals surface area (Å²) in [6.07, 6.45) is -0.911. The third-order valence-corrected chi connectivity index (χ3v) is 5.54. The summed E-state index contributed by atoms with van der Waals surface area (Å²) in [5, 5.41) is 2.05. The van der Waals surface area contributed by atoms with E-state index in [9.17, 15) is 28.0 Å². The van der Waals surface area contributed by atoms with Crippen LogP contribution in [-0.2, 0) is 16.0 Å². The van der Waals surface area contributed by atoms with Gasteiger partial charge < -0.3 is 10.1 Å². The Balaban J connectivity index is 1.42. The number of ether oxygens (including phenoxy) is 1. The Morgan fingerprint density at radius 1 is 0.914 bits per heavy atom. The van der Waals surface area contributed by atoms with Gasteiger partial charge in [-0.05, 0) is 49.2 Å². The fourth-order valence-electron chi connectivity index (χ4n) is 3.63. The molecule has 3 aromatic carbocycles. The lowest BCUT2D eigenvalue weighted by Crippen LogP contribution is -2.31. The molecule has 3 aromatic rings. The van der Waals surface area contributed by atoms with E-state index in [0.29, 0.717) is 6.42 Å². The van der Waals surface area contributed by atoms with Gasteiger partial charge in [0.05, 0.1) is 16.7 Å². The molecule has 0 bridgehead atoms. The molecular formula is C26H20F2N2O5. The number of hydrogen-bond acceptors (Lipinski definition) is 5. The van der Waals surface area contributed by atoms with Crippen molar-refractivity contribution < 1.29 is 32.7 Å². The van der Waals surface area contributed by atoms with Crippen molar-refractivity contribution in [2.45, 2.75) is 19.4 Å². The van der Waals surface area contributed by atoms with Crippen molar-refractivity contribution in [1.82, 2.24) is 4.90 Å². The SMILES string of the molecule is CC(OC(=O)c1ccc2c(c1)C(=O)N(CCc1ccccc1)C2=O)C(=O)Nc1c(F)cccc1F. The fourth-order valence-corrected chi connectivity index (χ4v) is 3.63. The van der Waals surface area contributed by atoms with E-state index in [1.807, 2.05) is 30.3 Å². The predicted molar refractivity (Wildman–Crippen MR) is 122 cm³/mol. The number of halogens is 2. The van der Waals surface area contributed by atoms with E-state index in [-0.39, 0.29) is 23.2 Å². The lowest BCUT2D eigenvalue weighted by Gasteiger charge is -2.14. The van der Waals surface area contributed by atoms with Crippen molar-refractivity contribution in [3.05, 3.63) is 101 Å². The number of fused-ring (bicyclic) bond motifs is 1. The number of imide groups is 1. The van der Waals surface area contributed by atoms with Crippen molar-refractivity contribution in [2.75, 3.05) is 11.9 Å². The van der Waals surface area contributed by atoms with E-state index in [2.05, 4.69) is 5.32 Å². The van der Waals surface area contributed by atoms with Crippen LogP contribution in [0.3, 0.4) is 0 Å². The summed E-state index contributed by atoms with van der Waals surface area (Å²) in [4.78, 5) is 51.5. The third kappa shape index (κ3) is 4.93. The normalized spacial score (nSPS) is 13.4. The van der Waals surface area contributed by atoms with Gasteiger partial charge in [-0.15, -0.1) is 0 Å². The second-order valence-corrected chi connectivity index (χ2v) is 7.89. The Morgan fingerprint density at radius 2 is 1.57 bits per heavy atom. The van der Waals surface area contributed by atoms with Crippen LogP contribution in [0.5, 0.6) is 0 Å². The van der Waals surface area contributed by atoms with Gasteiger partial charge in [-0.1, -0.05) is 36.4 Å². The van der Waals surface area contributed by atoms with Crippen LogP contribution in [0.4, 0.5) is 14.5 Å². The molecule has 0 saturated heterocycles. The van der Waals surface area contributed by atoms with Crippen LogP contribution in [0.1, 0.15) is 43.6 Å². The molecule has 1 N–H and O–H groups in total.